The Bertz CT molecular complexity index is 1140. The number of unbranched alkanes of at least 4 members (excludes halogenated alkanes) is 12. The standard InChI is InChI=1S/C46H82NO8P/c1-6-8-9-10-11-12-13-14-15-18-21-24-27-30-33-36-40-52-45(43-55-56(50,51)54-41-39-47(3,4)5)42-53-46(49)38-35-32-29-26-23-20-17-16-19-22-25-28-31-34-37-44(48)7-2/h14-15,17,19-20,22,26,28-29,31,36,40,44-45,48H,6-13,16,18,21,23-25,27,30,32-35,37-39,41-43H2,1-5H3/b15-14-,20-17-,22-19-,29-26-,31-28-,40-36+/t44-,45+/m0/s1. The van der Waals surface area contributed by atoms with E-state index in [0.29, 0.717) is 17.4 Å². The Kier molecular flexibility index (Phi) is 36.7. The zero-order chi connectivity index (χ0) is 41.4. The highest BCUT2D eigenvalue weighted by Gasteiger charge is 2.19. The smallest absolute Gasteiger partial charge is 0.305 e. The summed E-state index contributed by atoms with van der Waals surface area (Å²) in [6.45, 7) is 4.32. The van der Waals surface area contributed by atoms with Crippen LogP contribution in [0, 0.1) is 0 Å². The van der Waals surface area contributed by atoms with Gasteiger partial charge in [-0.3, -0.25) is 9.36 Å². The number of allylic oxidation sites excluding steroid dienone is 11. The number of quaternary nitrogens is 1. The second-order valence-corrected chi connectivity index (χ2v) is 17.0. The summed E-state index contributed by atoms with van der Waals surface area (Å²) in [6, 6.07) is 0. The molecule has 324 valence electrons. The van der Waals surface area contributed by atoms with Gasteiger partial charge in [0.2, 0.25) is 0 Å². The van der Waals surface area contributed by atoms with Crippen molar-refractivity contribution in [1.82, 2.24) is 0 Å². The maximum Gasteiger partial charge on any atom is 0.305 e. The zero-order valence-corrected chi connectivity index (χ0v) is 37.1. The summed E-state index contributed by atoms with van der Waals surface area (Å²) >= 11 is 0. The number of carbonyl (C=O) groups excluding carboxylic acids is 1. The number of ether oxygens (including phenoxy) is 2. The number of esters is 1. The van der Waals surface area contributed by atoms with Crippen LogP contribution in [0.4, 0.5) is 0 Å². The van der Waals surface area contributed by atoms with Crippen LogP contribution in [0.5, 0.6) is 0 Å². The molecule has 0 aliphatic carbocycles. The Hall–Kier alpha value is -2.26. The van der Waals surface area contributed by atoms with Crippen LogP contribution >= 0.6 is 7.82 Å². The van der Waals surface area contributed by atoms with E-state index in [0.717, 1.165) is 70.6 Å². The molecule has 0 amide bonds. The fourth-order valence-corrected chi connectivity index (χ4v) is 6.05. The van der Waals surface area contributed by atoms with E-state index in [-0.39, 0.29) is 38.3 Å². The number of aliphatic hydroxyl groups excluding tert-OH is 1. The molecule has 10 heteroatoms. The molecule has 0 saturated heterocycles. The number of carbonyl (C=O) groups is 1. The third kappa shape index (κ3) is 41.4. The first-order valence-electron chi connectivity index (χ1n) is 21.8. The van der Waals surface area contributed by atoms with E-state index in [4.69, 9.17) is 18.5 Å². The highest BCUT2D eigenvalue weighted by Crippen LogP contribution is 2.38. The van der Waals surface area contributed by atoms with E-state index in [1.54, 1.807) is 6.26 Å². The van der Waals surface area contributed by atoms with Gasteiger partial charge in [0, 0.05) is 6.42 Å². The summed E-state index contributed by atoms with van der Waals surface area (Å²) in [6.07, 6.45) is 46.8. The Morgan fingerprint density at radius 3 is 1.73 bits per heavy atom. The van der Waals surface area contributed by atoms with Crippen LogP contribution in [0.3, 0.4) is 0 Å². The molecule has 1 N–H and O–H groups in total. The number of hydrogen-bond donors (Lipinski definition) is 1. The number of phosphoric ester groups is 1. The summed E-state index contributed by atoms with van der Waals surface area (Å²) in [4.78, 5) is 24.8. The molecule has 56 heavy (non-hydrogen) atoms. The third-order valence-electron chi connectivity index (χ3n) is 8.98. The summed E-state index contributed by atoms with van der Waals surface area (Å²) in [5.41, 5.74) is 0. The average Bonchev–Trinajstić information content (AvgIpc) is 3.15. The molecule has 0 aromatic rings. The van der Waals surface area contributed by atoms with Gasteiger partial charge in [-0.25, -0.2) is 0 Å². The molecule has 0 aromatic heterocycles. The van der Waals surface area contributed by atoms with E-state index < -0.39 is 13.9 Å². The van der Waals surface area contributed by atoms with Crippen molar-refractivity contribution < 1.29 is 42.4 Å². The van der Waals surface area contributed by atoms with Crippen molar-refractivity contribution in [3.05, 3.63) is 73.1 Å². The van der Waals surface area contributed by atoms with E-state index in [9.17, 15) is 19.4 Å². The van der Waals surface area contributed by atoms with Gasteiger partial charge < -0.3 is 33.0 Å². The van der Waals surface area contributed by atoms with Crippen LogP contribution in [-0.4, -0.2) is 75.3 Å². The monoisotopic (exact) mass is 808 g/mol. The largest absolute Gasteiger partial charge is 0.756 e. The summed E-state index contributed by atoms with van der Waals surface area (Å²) < 4.78 is 34.2. The number of rotatable bonds is 39. The molecule has 0 rings (SSSR count). The minimum atomic E-state index is -4.54. The lowest BCUT2D eigenvalue weighted by Gasteiger charge is -2.28. The van der Waals surface area contributed by atoms with Crippen molar-refractivity contribution in [2.75, 3.05) is 47.5 Å². The SMILES string of the molecule is CCCCCCCC/C=C\CCCCCC/C=C/O[C@H](COC(=O)CCC/C=C\C/C=C\C/C=C\C/C=C\CC[C@@H](O)CC)COP(=O)([O-])OCC[N+](C)(C)C. The van der Waals surface area contributed by atoms with Crippen LogP contribution in [0.15, 0.2) is 73.1 Å². The number of phosphoric acid groups is 1. The van der Waals surface area contributed by atoms with Crippen LogP contribution in [0.1, 0.15) is 155 Å². The Morgan fingerprint density at radius 2 is 1.16 bits per heavy atom. The van der Waals surface area contributed by atoms with Crippen LogP contribution in [0.2, 0.25) is 0 Å². The molecule has 0 spiro atoms. The number of nitrogens with zero attached hydrogens (tertiary/aromatic N) is 1. The van der Waals surface area contributed by atoms with E-state index in [1.165, 1.54) is 57.8 Å². The highest BCUT2D eigenvalue weighted by molar-refractivity contribution is 7.45. The van der Waals surface area contributed by atoms with Gasteiger partial charge in [0.05, 0.1) is 40.1 Å². The molecule has 0 radical (unpaired) electrons. The summed E-state index contributed by atoms with van der Waals surface area (Å²) in [5.74, 6) is -0.363. The van der Waals surface area contributed by atoms with Gasteiger partial charge in [0.1, 0.15) is 19.8 Å². The van der Waals surface area contributed by atoms with Crippen molar-refractivity contribution in [3.63, 3.8) is 0 Å². The predicted octanol–water partition coefficient (Wildman–Crippen LogP) is 11.4. The van der Waals surface area contributed by atoms with Gasteiger partial charge in [-0.05, 0) is 96.0 Å². The minimum Gasteiger partial charge on any atom is -0.756 e. The first kappa shape index (κ1) is 53.7. The first-order valence-corrected chi connectivity index (χ1v) is 23.2. The zero-order valence-electron chi connectivity index (χ0n) is 36.2. The normalized spacial score (nSPS) is 15.0. The highest BCUT2D eigenvalue weighted by atomic mass is 31.2. The molecule has 0 bridgehead atoms. The van der Waals surface area contributed by atoms with E-state index in [2.05, 4.69) is 67.7 Å². The van der Waals surface area contributed by atoms with Crippen molar-refractivity contribution >= 4 is 13.8 Å². The number of hydrogen-bond acceptors (Lipinski definition) is 8. The lowest BCUT2D eigenvalue weighted by molar-refractivity contribution is -0.870. The molecule has 0 aliphatic heterocycles. The van der Waals surface area contributed by atoms with Gasteiger partial charge in [-0.2, -0.15) is 0 Å². The fourth-order valence-electron chi connectivity index (χ4n) is 5.32. The van der Waals surface area contributed by atoms with Gasteiger partial charge >= 0.3 is 5.97 Å². The first-order chi connectivity index (χ1) is 27.0. The maximum absolute atomic E-state index is 12.5. The predicted molar refractivity (Wildman–Crippen MR) is 232 cm³/mol. The molecule has 3 atom stereocenters. The second kappa shape index (κ2) is 38.3. The van der Waals surface area contributed by atoms with Crippen LogP contribution in [-0.2, 0) is 27.9 Å². The Balaban J connectivity index is 4.43. The van der Waals surface area contributed by atoms with Gasteiger partial charge in [0.15, 0.2) is 6.10 Å². The molecule has 9 nitrogen and oxygen atoms in total. The average molecular weight is 808 g/mol. The van der Waals surface area contributed by atoms with Gasteiger partial charge in [0.25, 0.3) is 7.82 Å². The molecular formula is C46H82NO8P. The molecule has 0 fully saturated rings. The molecule has 0 aromatic carbocycles. The lowest BCUT2D eigenvalue weighted by Crippen LogP contribution is -2.37. The van der Waals surface area contributed by atoms with E-state index in [1.807, 2.05) is 34.1 Å². The topological polar surface area (TPSA) is 114 Å². The molecular weight excluding hydrogens is 725 g/mol. The molecule has 0 heterocycles. The molecule has 1 unspecified atom stereocenters. The summed E-state index contributed by atoms with van der Waals surface area (Å²) in [5, 5.41) is 9.56. The van der Waals surface area contributed by atoms with Gasteiger partial charge in [-0.1, -0.05) is 120 Å². The van der Waals surface area contributed by atoms with Gasteiger partial charge in [-0.15, -0.1) is 0 Å². The quantitative estimate of drug-likeness (QED) is 0.0163. The van der Waals surface area contributed by atoms with E-state index >= 15 is 0 Å². The van der Waals surface area contributed by atoms with Crippen molar-refractivity contribution in [2.24, 2.45) is 0 Å². The second-order valence-electron chi connectivity index (χ2n) is 15.5. The molecule has 0 saturated carbocycles. The van der Waals surface area contributed by atoms with Crippen molar-refractivity contribution in [3.8, 4) is 0 Å². The Morgan fingerprint density at radius 1 is 0.661 bits per heavy atom. The Labute approximate surface area is 343 Å². The van der Waals surface area contributed by atoms with Crippen LogP contribution < -0.4 is 4.89 Å². The third-order valence-corrected chi connectivity index (χ3v) is 9.95. The minimum absolute atomic E-state index is 0.00758. The van der Waals surface area contributed by atoms with Crippen molar-refractivity contribution in [2.45, 2.75) is 167 Å². The number of likely N-dealkylation sites (N-methyl/N-ethyl adjacent to an activating group) is 1. The molecule has 0 aliphatic rings. The maximum atomic E-state index is 12.5. The summed E-state index contributed by atoms with van der Waals surface area (Å²) in [7, 11) is 1.30. The van der Waals surface area contributed by atoms with Crippen molar-refractivity contribution in [1.29, 1.82) is 0 Å². The number of aliphatic hydroxyl groups is 1. The van der Waals surface area contributed by atoms with Crippen LogP contribution in [0.25, 0.3) is 0 Å². The fraction of sp³-hybridized carbons (Fsp3) is 0.717. The lowest BCUT2D eigenvalue weighted by atomic mass is 10.1.